The van der Waals surface area contributed by atoms with Crippen molar-refractivity contribution in [2.45, 2.75) is 57.2 Å². The molecule has 3 heteroatoms. The van der Waals surface area contributed by atoms with Crippen molar-refractivity contribution in [1.82, 2.24) is 5.32 Å². The summed E-state index contributed by atoms with van der Waals surface area (Å²) in [5.74, 6) is 1.05. The van der Waals surface area contributed by atoms with Gasteiger partial charge in [-0.15, -0.1) is 0 Å². The first-order valence-corrected chi connectivity index (χ1v) is 7.42. The minimum absolute atomic E-state index is 0.119. The topological polar surface area (TPSA) is 41.5 Å². The predicted octanol–water partition coefficient (Wildman–Crippen LogP) is 2.58. The molecule has 1 aromatic carbocycles. The average molecular weight is 261 g/mol. The summed E-state index contributed by atoms with van der Waals surface area (Å²) in [7, 11) is 0. The molecule has 2 aliphatic rings. The van der Waals surface area contributed by atoms with Crippen LogP contribution in [0.15, 0.2) is 18.2 Å². The standard InChI is InChI=1S/C16H23NO2/c1-11(17-14-3-2-4-15(18)10-14)12-5-6-16-13(9-12)7-8-19-16/h5-6,9,11,14-15,17-18H,2-4,7-8,10H2,1H3. The summed E-state index contributed by atoms with van der Waals surface area (Å²) in [6.45, 7) is 3.02. The van der Waals surface area contributed by atoms with E-state index in [0.717, 1.165) is 38.0 Å². The number of benzene rings is 1. The Morgan fingerprint density at radius 2 is 2.26 bits per heavy atom. The maximum Gasteiger partial charge on any atom is 0.122 e. The molecular formula is C16H23NO2. The van der Waals surface area contributed by atoms with Crippen molar-refractivity contribution in [3.05, 3.63) is 29.3 Å². The fraction of sp³-hybridized carbons (Fsp3) is 0.625. The lowest BCUT2D eigenvalue weighted by Crippen LogP contribution is -2.37. The molecule has 0 radical (unpaired) electrons. The second kappa shape index (κ2) is 5.51. The van der Waals surface area contributed by atoms with E-state index in [0.29, 0.717) is 12.1 Å². The van der Waals surface area contributed by atoms with Gasteiger partial charge in [0, 0.05) is 18.5 Å². The number of nitrogens with one attached hydrogen (secondary N) is 1. The van der Waals surface area contributed by atoms with Crippen molar-refractivity contribution in [1.29, 1.82) is 0 Å². The van der Waals surface area contributed by atoms with E-state index < -0.39 is 0 Å². The maximum atomic E-state index is 9.73. The van der Waals surface area contributed by atoms with E-state index in [1.165, 1.54) is 17.5 Å². The van der Waals surface area contributed by atoms with Crippen LogP contribution in [0.2, 0.25) is 0 Å². The van der Waals surface area contributed by atoms with E-state index >= 15 is 0 Å². The molecule has 0 spiro atoms. The summed E-state index contributed by atoms with van der Waals surface area (Å²) in [6.07, 6.45) is 5.06. The van der Waals surface area contributed by atoms with Crippen LogP contribution in [0.25, 0.3) is 0 Å². The Balaban J connectivity index is 1.65. The van der Waals surface area contributed by atoms with Gasteiger partial charge >= 0.3 is 0 Å². The lowest BCUT2D eigenvalue weighted by atomic mass is 9.92. The van der Waals surface area contributed by atoms with Gasteiger partial charge in [0.1, 0.15) is 5.75 Å². The Bertz CT molecular complexity index is 446. The quantitative estimate of drug-likeness (QED) is 0.878. The molecule has 1 fully saturated rings. The van der Waals surface area contributed by atoms with Crippen LogP contribution in [-0.2, 0) is 6.42 Å². The van der Waals surface area contributed by atoms with Crippen molar-refractivity contribution in [3.8, 4) is 5.75 Å². The van der Waals surface area contributed by atoms with E-state index in [4.69, 9.17) is 4.74 Å². The molecule has 3 unspecified atom stereocenters. The smallest absolute Gasteiger partial charge is 0.122 e. The zero-order valence-electron chi connectivity index (χ0n) is 11.6. The lowest BCUT2D eigenvalue weighted by molar-refractivity contribution is 0.109. The minimum Gasteiger partial charge on any atom is -0.493 e. The molecule has 3 rings (SSSR count). The van der Waals surface area contributed by atoms with Gasteiger partial charge < -0.3 is 15.2 Å². The Labute approximate surface area is 115 Å². The van der Waals surface area contributed by atoms with Crippen LogP contribution >= 0.6 is 0 Å². The van der Waals surface area contributed by atoms with Crippen LogP contribution in [0.5, 0.6) is 5.75 Å². The van der Waals surface area contributed by atoms with E-state index in [1.807, 2.05) is 0 Å². The Hall–Kier alpha value is -1.06. The second-order valence-corrected chi connectivity index (χ2v) is 5.87. The van der Waals surface area contributed by atoms with E-state index in [2.05, 4.69) is 30.4 Å². The van der Waals surface area contributed by atoms with Crippen LogP contribution in [-0.4, -0.2) is 23.9 Å². The molecule has 1 aliphatic heterocycles. The third kappa shape index (κ3) is 2.93. The minimum atomic E-state index is -0.119. The van der Waals surface area contributed by atoms with Gasteiger partial charge in [-0.2, -0.15) is 0 Å². The van der Waals surface area contributed by atoms with Gasteiger partial charge in [-0.05, 0) is 49.8 Å². The average Bonchev–Trinajstić information content (AvgIpc) is 2.85. The Kier molecular flexibility index (Phi) is 3.76. The van der Waals surface area contributed by atoms with Crippen LogP contribution in [0.4, 0.5) is 0 Å². The number of ether oxygens (including phenoxy) is 1. The molecule has 0 saturated heterocycles. The highest BCUT2D eigenvalue weighted by Crippen LogP contribution is 2.29. The maximum absolute atomic E-state index is 9.73. The van der Waals surface area contributed by atoms with Crippen molar-refractivity contribution in [3.63, 3.8) is 0 Å². The fourth-order valence-corrected chi connectivity index (χ4v) is 3.24. The van der Waals surface area contributed by atoms with Crippen molar-refractivity contribution >= 4 is 0 Å². The van der Waals surface area contributed by atoms with Crippen molar-refractivity contribution in [2.24, 2.45) is 0 Å². The highest BCUT2D eigenvalue weighted by Gasteiger charge is 2.22. The number of aliphatic hydroxyl groups is 1. The van der Waals surface area contributed by atoms with Gasteiger partial charge in [-0.3, -0.25) is 0 Å². The molecule has 3 nitrogen and oxygen atoms in total. The summed E-state index contributed by atoms with van der Waals surface area (Å²) in [6, 6.07) is 7.29. The van der Waals surface area contributed by atoms with Crippen LogP contribution in [0.3, 0.4) is 0 Å². The SMILES string of the molecule is CC(NC1CCCC(O)C1)c1ccc2c(c1)CCO2. The number of hydrogen-bond donors (Lipinski definition) is 2. The van der Waals surface area contributed by atoms with Crippen LogP contribution < -0.4 is 10.1 Å². The molecule has 1 aliphatic carbocycles. The summed E-state index contributed by atoms with van der Waals surface area (Å²) in [5, 5.41) is 13.4. The van der Waals surface area contributed by atoms with Gasteiger partial charge in [0.25, 0.3) is 0 Å². The first-order chi connectivity index (χ1) is 9.22. The number of hydrogen-bond acceptors (Lipinski definition) is 3. The van der Waals surface area contributed by atoms with Crippen molar-refractivity contribution < 1.29 is 9.84 Å². The number of fused-ring (bicyclic) bond motifs is 1. The summed E-state index contributed by atoms with van der Waals surface area (Å²) in [5.41, 5.74) is 2.65. The summed E-state index contributed by atoms with van der Waals surface area (Å²) in [4.78, 5) is 0. The number of aliphatic hydroxyl groups excluding tert-OH is 1. The molecule has 3 atom stereocenters. The molecule has 0 bridgehead atoms. The largest absolute Gasteiger partial charge is 0.493 e. The molecule has 0 aromatic heterocycles. The zero-order chi connectivity index (χ0) is 13.2. The predicted molar refractivity (Wildman–Crippen MR) is 75.5 cm³/mol. The van der Waals surface area contributed by atoms with Crippen molar-refractivity contribution in [2.75, 3.05) is 6.61 Å². The first-order valence-electron chi connectivity index (χ1n) is 7.42. The Morgan fingerprint density at radius 3 is 3.11 bits per heavy atom. The van der Waals surface area contributed by atoms with Crippen LogP contribution in [0, 0.1) is 0 Å². The molecule has 2 N–H and O–H groups in total. The lowest BCUT2D eigenvalue weighted by Gasteiger charge is -2.29. The first kappa shape index (κ1) is 12.9. The molecular weight excluding hydrogens is 238 g/mol. The highest BCUT2D eigenvalue weighted by molar-refractivity contribution is 5.40. The monoisotopic (exact) mass is 261 g/mol. The molecule has 1 heterocycles. The van der Waals surface area contributed by atoms with E-state index in [-0.39, 0.29) is 6.10 Å². The molecule has 19 heavy (non-hydrogen) atoms. The molecule has 1 aromatic rings. The highest BCUT2D eigenvalue weighted by atomic mass is 16.5. The molecule has 1 saturated carbocycles. The van der Waals surface area contributed by atoms with E-state index in [1.54, 1.807) is 0 Å². The summed E-state index contributed by atoms with van der Waals surface area (Å²) >= 11 is 0. The second-order valence-electron chi connectivity index (χ2n) is 5.87. The molecule has 104 valence electrons. The van der Waals surface area contributed by atoms with Gasteiger partial charge in [-0.25, -0.2) is 0 Å². The third-order valence-corrected chi connectivity index (χ3v) is 4.35. The normalized spacial score (nSPS) is 27.7. The zero-order valence-corrected chi connectivity index (χ0v) is 11.6. The third-order valence-electron chi connectivity index (χ3n) is 4.35. The Morgan fingerprint density at radius 1 is 1.37 bits per heavy atom. The van der Waals surface area contributed by atoms with Gasteiger partial charge in [0.15, 0.2) is 0 Å². The van der Waals surface area contributed by atoms with Gasteiger partial charge in [-0.1, -0.05) is 12.1 Å². The van der Waals surface area contributed by atoms with Crippen LogP contribution in [0.1, 0.15) is 49.8 Å². The summed E-state index contributed by atoms with van der Waals surface area (Å²) < 4.78 is 5.54. The van der Waals surface area contributed by atoms with Gasteiger partial charge in [0.2, 0.25) is 0 Å². The number of rotatable bonds is 3. The fourth-order valence-electron chi connectivity index (χ4n) is 3.24. The molecule has 0 amide bonds. The van der Waals surface area contributed by atoms with Gasteiger partial charge in [0.05, 0.1) is 12.7 Å². The van der Waals surface area contributed by atoms with E-state index in [9.17, 15) is 5.11 Å².